The van der Waals surface area contributed by atoms with Crippen LogP contribution < -0.4 is 14.2 Å². The van der Waals surface area contributed by atoms with Crippen LogP contribution in [0, 0.1) is 17.5 Å². The zero-order valence-corrected chi connectivity index (χ0v) is 15.4. The van der Waals surface area contributed by atoms with E-state index in [0.29, 0.717) is 46.7 Å². The molecule has 0 N–H and O–H groups in total. The average Bonchev–Trinajstić information content (AvgIpc) is 2.69. The van der Waals surface area contributed by atoms with Crippen LogP contribution in [-0.2, 0) is 5.75 Å². The molecule has 0 heterocycles. The van der Waals surface area contributed by atoms with Gasteiger partial charge in [0.2, 0.25) is 0 Å². The molecule has 0 aliphatic carbocycles. The molecule has 0 saturated heterocycles. The van der Waals surface area contributed by atoms with E-state index in [-0.39, 0.29) is 5.75 Å². The number of methoxy groups -OCH3 is 3. The van der Waals surface area contributed by atoms with Crippen LogP contribution >= 0.6 is 11.8 Å². The van der Waals surface area contributed by atoms with Crippen LogP contribution in [0.4, 0.5) is 22.0 Å². The van der Waals surface area contributed by atoms with Crippen molar-refractivity contribution in [2.24, 2.45) is 0 Å². The molecule has 2 aromatic rings. The number of thioether (sulfide) groups is 1. The lowest BCUT2D eigenvalue weighted by molar-refractivity contribution is 0.371. The van der Waals surface area contributed by atoms with Crippen LogP contribution in [0.25, 0.3) is 5.83 Å². The maximum atomic E-state index is 14.2. The fraction of sp³-hybridized carbons (Fsp3) is 0.222. The van der Waals surface area contributed by atoms with Gasteiger partial charge in [-0.25, -0.2) is 17.6 Å². The third-order valence-electron chi connectivity index (χ3n) is 3.60. The molecular formula is C18H15F5O3S. The lowest BCUT2D eigenvalue weighted by atomic mass is 10.2. The molecule has 146 valence electrons. The number of hydrogen-bond acceptors (Lipinski definition) is 4. The smallest absolute Gasteiger partial charge is 0.195 e. The van der Waals surface area contributed by atoms with Gasteiger partial charge in [-0.15, -0.1) is 0 Å². The second-order valence-electron chi connectivity index (χ2n) is 5.11. The van der Waals surface area contributed by atoms with Crippen molar-refractivity contribution in [3.05, 3.63) is 58.0 Å². The number of ether oxygens (including phenoxy) is 3. The van der Waals surface area contributed by atoms with Crippen molar-refractivity contribution in [1.82, 2.24) is 0 Å². The van der Waals surface area contributed by atoms with Crippen molar-refractivity contribution in [2.75, 3.05) is 21.3 Å². The summed E-state index contributed by atoms with van der Waals surface area (Å²) in [5.74, 6) is -5.89. The largest absolute Gasteiger partial charge is 0.496 e. The minimum absolute atomic E-state index is 0.138. The van der Waals surface area contributed by atoms with E-state index in [1.807, 2.05) is 0 Å². The van der Waals surface area contributed by atoms with Crippen LogP contribution in [0.2, 0.25) is 0 Å². The normalized spacial score (nSPS) is 11.9. The van der Waals surface area contributed by atoms with Crippen LogP contribution in [0.1, 0.15) is 11.1 Å². The predicted molar refractivity (Wildman–Crippen MR) is 92.8 cm³/mol. The molecule has 0 saturated carbocycles. The molecular weight excluding hydrogens is 391 g/mol. The zero-order chi connectivity index (χ0) is 20.1. The van der Waals surface area contributed by atoms with Gasteiger partial charge < -0.3 is 14.2 Å². The van der Waals surface area contributed by atoms with E-state index < -0.39 is 34.0 Å². The molecule has 2 aromatic carbocycles. The molecule has 27 heavy (non-hydrogen) atoms. The summed E-state index contributed by atoms with van der Waals surface area (Å²) in [6.07, 6.45) is 0. The van der Waals surface area contributed by atoms with E-state index in [1.165, 1.54) is 33.5 Å². The highest BCUT2D eigenvalue weighted by Gasteiger charge is 2.21. The highest BCUT2D eigenvalue weighted by molar-refractivity contribution is 8.02. The molecule has 0 fully saturated rings. The van der Waals surface area contributed by atoms with Gasteiger partial charge >= 0.3 is 0 Å². The summed E-state index contributed by atoms with van der Waals surface area (Å²) in [5, 5.41) is -1.40. The Balaban J connectivity index is 2.33. The first-order valence-corrected chi connectivity index (χ1v) is 8.43. The van der Waals surface area contributed by atoms with E-state index in [4.69, 9.17) is 14.2 Å². The third-order valence-corrected chi connectivity index (χ3v) is 4.47. The molecule has 0 bridgehead atoms. The van der Waals surface area contributed by atoms with Gasteiger partial charge in [0.15, 0.2) is 28.4 Å². The summed E-state index contributed by atoms with van der Waals surface area (Å²) in [7, 11) is 4.20. The summed E-state index contributed by atoms with van der Waals surface area (Å²) in [6.45, 7) is 0. The lowest BCUT2D eigenvalue weighted by Crippen LogP contribution is -1.98. The molecule has 0 radical (unpaired) electrons. The molecule has 0 spiro atoms. The Kier molecular flexibility index (Phi) is 6.95. The average molecular weight is 406 g/mol. The topological polar surface area (TPSA) is 27.7 Å². The van der Waals surface area contributed by atoms with Crippen molar-refractivity contribution in [3.8, 4) is 17.2 Å². The second kappa shape index (κ2) is 8.98. The first kappa shape index (κ1) is 20.9. The van der Waals surface area contributed by atoms with Gasteiger partial charge in [-0.3, -0.25) is 0 Å². The van der Waals surface area contributed by atoms with Crippen LogP contribution in [0.15, 0.2) is 29.4 Å². The fourth-order valence-electron chi connectivity index (χ4n) is 2.22. The summed E-state index contributed by atoms with van der Waals surface area (Å²) in [4.78, 5) is 0. The quantitative estimate of drug-likeness (QED) is 0.440. The van der Waals surface area contributed by atoms with E-state index in [2.05, 4.69) is 0 Å². The van der Waals surface area contributed by atoms with E-state index in [1.54, 1.807) is 0 Å². The van der Waals surface area contributed by atoms with E-state index >= 15 is 0 Å². The van der Waals surface area contributed by atoms with Crippen molar-refractivity contribution in [3.63, 3.8) is 0 Å². The molecule has 0 aliphatic heterocycles. The highest BCUT2D eigenvalue weighted by atomic mass is 32.2. The molecule has 2 rings (SSSR count). The van der Waals surface area contributed by atoms with Gasteiger partial charge in [0.25, 0.3) is 0 Å². The van der Waals surface area contributed by atoms with Gasteiger partial charge in [-0.1, -0.05) is 11.8 Å². The summed E-state index contributed by atoms with van der Waals surface area (Å²) >= 11 is 0.378. The molecule has 3 nitrogen and oxygen atoms in total. The minimum Gasteiger partial charge on any atom is -0.496 e. The summed E-state index contributed by atoms with van der Waals surface area (Å²) in [5.41, 5.74) is -0.605. The first-order valence-electron chi connectivity index (χ1n) is 7.44. The van der Waals surface area contributed by atoms with Crippen molar-refractivity contribution >= 4 is 17.6 Å². The molecule has 0 aliphatic rings. The van der Waals surface area contributed by atoms with Crippen molar-refractivity contribution in [2.45, 2.75) is 5.75 Å². The maximum Gasteiger partial charge on any atom is 0.195 e. The Morgan fingerprint density at radius 3 is 2.00 bits per heavy atom. The van der Waals surface area contributed by atoms with Crippen LogP contribution in [0.3, 0.4) is 0 Å². The van der Waals surface area contributed by atoms with Crippen LogP contribution in [0.5, 0.6) is 17.2 Å². The Morgan fingerprint density at radius 2 is 1.48 bits per heavy atom. The lowest BCUT2D eigenvalue weighted by Gasteiger charge is -2.14. The fourth-order valence-corrected chi connectivity index (χ4v) is 3.01. The zero-order valence-electron chi connectivity index (χ0n) is 14.5. The molecule has 0 amide bonds. The monoisotopic (exact) mass is 406 g/mol. The van der Waals surface area contributed by atoms with Gasteiger partial charge in [-0.2, -0.15) is 4.39 Å². The predicted octanol–water partition coefficient (Wildman–Crippen LogP) is 5.63. The maximum absolute atomic E-state index is 14.2. The van der Waals surface area contributed by atoms with Crippen molar-refractivity contribution in [1.29, 1.82) is 0 Å². The minimum atomic E-state index is -1.88. The Labute approximate surface area is 156 Å². The van der Waals surface area contributed by atoms with Crippen LogP contribution in [-0.4, -0.2) is 21.3 Å². The Hall–Kier alpha value is -2.42. The van der Waals surface area contributed by atoms with E-state index in [9.17, 15) is 22.0 Å². The number of halogens is 5. The van der Waals surface area contributed by atoms with Crippen molar-refractivity contribution < 1.29 is 36.2 Å². The summed E-state index contributed by atoms with van der Waals surface area (Å²) < 4.78 is 83.6. The second-order valence-corrected chi connectivity index (χ2v) is 6.05. The molecule has 0 unspecified atom stereocenters. The van der Waals surface area contributed by atoms with E-state index in [0.717, 1.165) is 0 Å². The number of hydrogen-bond donors (Lipinski definition) is 0. The molecule has 0 atom stereocenters. The summed E-state index contributed by atoms with van der Waals surface area (Å²) in [6, 6.07) is 4.20. The number of benzene rings is 2. The molecule has 9 heteroatoms. The van der Waals surface area contributed by atoms with Gasteiger partial charge in [-0.05, 0) is 12.1 Å². The number of rotatable bonds is 7. The third kappa shape index (κ3) is 4.47. The Bertz CT molecular complexity index is 845. The highest BCUT2D eigenvalue weighted by Crippen LogP contribution is 2.40. The Morgan fingerprint density at radius 1 is 0.889 bits per heavy atom. The van der Waals surface area contributed by atoms with Gasteiger partial charge in [0, 0.05) is 23.4 Å². The molecule has 0 aromatic heterocycles. The van der Waals surface area contributed by atoms with Gasteiger partial charge in [0.1, 0.15) is 17.2 Å². The van der Waals surface area contributed by atoms with Gasteiger partial charge in [0.05, 0.1) is 26.9 Å². The first-order chi connectivity index (χ1) is 12.8. The SMILES string of the molecule is COc1cc(OC)c(CSC(F)=C(F)c2ccc(F)c(F)c2F)c(OC)c1. The standard InChI is InChI=1S/C18H15F5O3S/c1-24-9-6-13(25-2)11(14(7-9)26-3)8-27-18(23)16(21)10-4-5-12(19)17(22)15(10)20/h4-7H,8H2,1-3H3.